The molecule has 2 N–H and O–H groups in total. The van der Waals surface area contributed by atoms with Crippen molar-refractivity contribution < 1.29 is 9.47 Å². The van der Waals surface area contributed by atoms with Gasteiger partial charge in [-0.3, -0.25) is 0 Å². The lowest BCUT2D eigenvalue weighted by atomic mass is 9.90. The summed E-state index contributed by atoms with van der Waals surface area (Å²) in [5, 5.41) is 0. The molecule has 0 aromatic heterocycles. The molecular weight excluding hydrogens is 238 g/mol. The highest BCUT2D eigenvalue weighted by molar-refractivity contribution is 5.40. The third-order valence-electron chi connectivity index (χ3n) is 3.47. The van der Waals surface area contributed by atoms with Gasteiger partial charge in [-0.25, -0.2) is 0 Å². The fourth-order valence-electron chi connectivity index (χ4n) is 2.55. The van der Waals surface area contributed by atoms with Crippen molar-refractivity contribution in [3.05, 3.63) is 41.5 Å². The number of allylic oxidation sites excluding steroid dienone is 1. The summed E-state index contributed by atoms with van der Waals surface area (Å²) in [5.74, 6) is 1.46. The second kappa shape index (κ2) is 7.31. The summed E-state index contributed by atoms with van der Waals surface area (Å²) in [5.41, 5.74) is 8.22. The molecule has 1 atom stereocenters. The minimum atomic E-state index is 0.438. The van der Waals surface area contributed by atoms with Crippen molar-refractivity contribution in [2.45, 2.75) is 25.2 Å². The molecule has 1 aliphatic rings. The van der Waals surface area contributed by atoms with Crippen LogP contribution in [0.15, 0.2) is 35.9 Å². The Bertz CT molecular complexity index is 429. The zero-order valence-corrected chi connectivity index (χ0v) is 11.6. The van der Waals surface area contributed by atoms with E-state index in [9.17, 15) is 0 Å². The Hall–Kier alpha value is -1.32. The van der Waals surface area contributed by atoms with Crippen LogP contribution in [0.5, 0.6) is 5.75 Å². The molecule has 104 valence electrons. The van der Waals surface area contributed by atoms with Crippen LogP contribution in [-0.4, -0.2) is 26.9 Å². The maximum atomic E-state index is 5.70. The summed E-state index contributed by atoms with van der Waals surface area (Å²) >= 11 is 0. The van der Waals surface area contributed by atoms with Crippen LogP contribution in [0.1, 0.15) is 30.7 Å². The summed E-state index contributed by atoms with van der Waals surface area (Å²) in [7, 11) is 1.74. The first-order chi connectivity index (χ1) is 9.35. The molecular formula is C16H23NO2. The van der Waals surface area contributed by atoms with Crippen LogP contribution in [-0.2, 0) is 4.74 Å². The van der Waals surface area contributed by atoms with E-state index in [2.05, 4.69) is 18.2 Å². The van der Waals surface area contributed by atoms with Gasteiger partial charge >= 0.3 is 0 Å². The van der Waals surface area contributed by atoms with Crippen LogP contribution >= 0.6 is 0 Å². The molecule has 1 aromatic rings. The number of methoxy groups -OCH3 is 1. The van der Waals surface area contributed by atoms with E-state index >= 15 is 0 Å². The highest BCUT2D eigenvalue weighted by Crippen LogP contribution is 2.35. The van der Waals surface area contributed by atoms with Crippen molar-refractivity contribution in [2.75, 3.05) is 26.9 Å². The van der Waals surface area contributed by atoms with Crippen molar-refractivity contribution >= 4 is 0 Å². The van der Waals surface area contributed by atoms with Crippen molar-refractivity contribution in [2.24, 2.45) is 5.73 Å². The number of fused-ring (bicyclic) bond motifs is 1. The van der Waals surface area contributed by atoms with E-state index in [4.69, 9.17) is 15.2 Å². The number of rotatable bonds is 6. The van der Waals surface area contributed by atoms with Crippen LogP contribution in [0.4, 0.5) is 0 Å². The van der Waals surface area contributed by atoms with Crippen molar-refractivity contribution in [1.82, 2.24) is 0 Å². The Morgan fingerprint density at radius 2 is 2.32 bits per heavy atom. The Labute approximate surface area is 115 Å². The molecule has 1 aromatic carbocycles. The highest BCUT2D eigenvalue weighted by Gasteiger charge is 2.19. The van der Waals surface area contributed by atoms with Crippen LogP contribution in [0.2, 0.25) is 0 Å². The Kier molecular flexibility index (Phi) is 5.43. The molecule has 1 heterocycles. The SMILES string of the molecule is COC/C(=C/C1CCOc2ccccc21)CCCN. The highest BCUT2D eigenvalue weighted by atomic mass is 16.5. The van der Waals surface area contributed by atoms with Crippen LogP contribution in [0, 0.1) is 0 Å². The fraction of sp³-hybridized carbons (Fsp3) is 0.500. The van der Waals surface area contributed by atoms with E-state index in [1.54, 1.807) is 7.11 Å². The van der Waals surface area contributed by atoms with E-state index in [1.165, 1.54) is 11.1 Å². The summed E-state index contributed by atoms with van der Waals surface area (Å²) in [4.78, 5) is 0. The molecule has 3 nitrogen and oxygen atoms in total. The summed E-state index contributed by atoms with van der Waals surface area (Å²) < 4.78 is 11.0. The third-order valence-corrected chi connectivity index (χ3v) is 3.47. The summed E-state index contributed by atoms with van der Waals surface area (Å²) in [6, 6.07) is 8.30. The number of hydrogen-bond donors (Lipinski definition) is 1. The predicted octanol–water partition coefficient (Wildman–Crippen LogP) is 2.86. The molecule has 0 radical (unpaired) electrons. The fourth-order valence-corrected chi connectivity index (χ4v) is 2.55. The minimum Gasteiger partial charge on any atom is -0.493 e. The quantitative estimate of drug-likeness (QED) is 0.801. The Morgan fingerprint density at radius 3 is 3.11 bits per heavy atom. The van der Waals surface area contributed by atoms with Gasteiger partial charge in [0.25, 0.3) is 0 Å². The molecule has 3 heteroatoms. The maximum Gasteiger partial charge on any atom is 0.123 e. The van der Waals surface area contributed by atoms with Crippen molar-refractivity contribution in [1.29, 1.82) is 0 Å². The van der Waals surface area contributed by atoms with Crippen LogP contribution in [0.25, 0.3) is 0 Å². The molecule has 0 saturated carbocycles. The Balaban J connectivity index is 2.16. The first kappa shape index (κ1) is 14.1. The van der Waals surface area contributed by atoms with Gasteiger partial charge in [-0.1, -0.05) is 24.3 Å². The number of benzene rings is 1. The number of nitrogens with two attached hydrogens (primary N) is 1. The standard InChI is InChI=1S/C16H23NO2/c1-18-12-13(5-4-9-17)11-14-8-10-19-16-7-3-2-6-15(14)16/h2-3,6-7,11,14H,4-5,8-10,12,17H2,1H3/b13-11+. The molecule has 1 unspecified atom stereocenters. The molecule has 0 aliphatic carbocycles. The zero-order valence-electron chi connectivity index (χ0n) is 11.6. The smallest absolute Gasteiger partial charge is 0.123 e. The topological polar surface area (TPSA) is 44.5 Å². The van der Waals surface area contributed by atoms with Gasteiger partial charge in [0.2, 0.25) is 0 Å². The van der Waals surface area contributed by atoms with Gasteiger partial charge in [-0.2, -0.15) is 0 Å². The van der Waals surface area contributed by atoms with Crippen molar-refractivity contribution in [3.8, 4) is 5.75 Å². The second-order valence-electron chi connectivity index (χ2n) is 4.93. The number of ether oxygens (including phenoxy) is 2. The molecule has 0 bridgehead atoms. The van der Waals surface area contributed by atoms with Crippen molar-refractivity contribution in [3.63, 3.8) is 0 Å². The van der Waals surface area contributed by atoms with Gasteiger partial charge in [0.1, 0.15) is 5.75 Å². The van der Waals surface area contributed by atoms with E-state index in [1.807, 2.05) is 12.1 Å². The van der Waals surface area contributed by atoms with Crippen LogP contribution < -0.4 is 10.5 Å². The lowest BCUT2D eigenvalue weighted by molar-refractivity contribution is 0.221. The van der Waals surface area contributed by atoms with Gasteiger partial charge in [-0.05, 0) is 37.4 Å². The van der Waals surface area contributed by atoms with E-state index in [0.29, 0.717) is 12.5 Å². The molecule has 0 fully saturated rings. The lowest BCUT2D eigenvalue weighted by Crippen LogP contribution is -2.13. The average Bonchev–Trinajstić information content (AvgIpc) is 2.45. The minimum absolute atomic E-state index is 0.438. The second-order valence-corrected chi connectivity index (χ2v) is 4.93. The Morgan fingerprint density at radius 1 is 1.47 bits per heavy atom. The van der Waals surface area contributed by atoms with Gasteiger partial charge in [-0.15, -0.1) is 0 Å². The molecule has 2 rings (SSSR count). The van der Waals surface area contributed by atoms with Gasteiger partial charge in [0, 0.05) is 18.6 Å². The maximum absolute atomic E-state index is 5.70. The average molecular weight is 261 g/mol. The molecule has 0 amide bonds. The van der Waals surface area contributed by atoms with Gasteiger partial charge < -0.3 is 15.2 Å². The first-order valence-corrected chi connectivity index (χ1v) is 6.95. The van der Waals surface area contributed by atoms with E-state index in [0.717, 1.165) is 38.2 Å². The van der Waals surface area contributed by atoms with E-state index in [-0.39, 0.29) is 0 Å². The lowest BCUT2D eigenvalue weighted by Gasteiger charge is -2.24. The van der Waals surface area contributed by atoms with Gasteiger partial charge in [0.15, 0.2) is 0 Å². The normalized spacial score (nSPS) is 18.8. The number of para-hydroxylation sites is 1. The zero-order chi connectivity index (χ0) is 13.5. The molecule has 0 saturated heterocycles. The molecule has 1 aliphatic heterocycles. The molecule has 19 heavy (non-hydrogen) atoms. The van der Waals surface area contributed by atoms with Gasteiger partial charge in [0.05, 0.1) is 13.2 Å². The monoisotopic (exact) mass is 261 g/mol. The summed E-state index contributed by atoms with van der Waals surface area (Å²) in [6.07, 6.45) is 5.41. The number of hydrogen-bond acceptors (Lipinski definition) is 3. The third kappa shape index (κ3) is 3.82. The van der Waals surface area contributed by atoms with Crippen LogP contribution in [0.3, 0.4) is 0 Å². The first-order valence-electron chi connectivity index (χ1n) is 6.95. The summed E-state index contributed by atoms with van der Waals surface area (Å²) in [6.45, 7) is 2.21. The van der Waals surface area contributed by atoms with E-state index < -0.39 is 0 Å². The molecule has 0 spiro atoms. The largest absolute Gasteiger partial charge is 0.493 e. The predicted molar refractivity (Wildman–Crippen MR) is 77.5 cm³/mol.